The summed E-state index contributed by atoms with van der Waals surface area (Å²) in [6.07, 6.45) is 2.08. The molecule has 0 radical (unpaired) electrons. The Kier molecular flexibility index (Phi) is 4.38. The molecule has 1 aliphatic heterocycles. The second kappa shape index (κ2) is 5.83. The third-order valence-corrected chi connectivity index (χ3v) is 3.76. The molecule has 0 saturated carbocycles. The lowest BCUT2D eigenvalue weighted by Crippen LogP contribution is -2.44. The van der Waals surface area contributed by atoms with E-state index >= 15 is 0 Å². The van der Waals surface area contributed by atoms with Crippen LogP contribution in [0.15, 0.2) is 24.3 Å². The zero-order valence-corrected chi connectivity index (χ0v) is 11.3. The smallest absolute Gasteiger partial charge is 0.207 e. The highest BCUT2D eigenvalue weighted by atomic mass is 16.7. The minimum Gasteiger partial charge on any atom is -0.345 e. The molecule has 1 atom stereocenters. The van der Waals surface area contributed by atoms with Crippen LogP contribution in [0, 0.1) is 0 Å². The summed E-state index contributed by atoms with van der Waals surface area (Å²) in [5.74, 6) is -0.146. The van der Waals surface area contributed by atoms with E-state index in [1.807, 2.05) is 0 Å². The highest BCUT2D eigenvalue weighted by molar-refractivity contribution is 5.28. The molecule has 1 unspecified atom stereocenters. The summed E-state index contributed by atoms with van der Waals surface area (Å²) in [6.45, 7) is 6.22. The van der Waals surface area contributed by atoms with Crippen LogP contribution in [-0.4, -0.2) is 19.8 Å². The summed E-state index contributed by atoms with van der Waals surface area (Å²) >= 11 is 0. The molecule has 2 rings (SSSR count). The van der Waals surface area contributed by atoms with Crippen molar-refractivity contribution in [2.45, 2.75) is 38.4 Å². The number of hydrogen-bond acceptors (Lipinski definition) is 3. The first-order valence-electron chi connectivity index (χ1n) is 6.80. The van der Waals surface area contributed by atoms with Crippen LogP contribution >= 0.6 is 0 Å². The summed E-state index contributed by atoms with van der Waals surface area (Å²) in [5, 5.41) is 0. The maximum atomic E-state index is 5.84. The fraction of sp³-hybridized carbons (Fsp3) is 0.600. The van der Waals surface area contributed by atoms with Gasteiger partial charge >= 0.3 is 0 Å². The highest BCUT2D eigenvalue weighted by Gasteiger charge is 2.35. The van der Waals surface area contributed by atoms with Gasteiger partial charge in [-0.25, -0.2) is 0 Å². The van der Waals surface area contributed by atoms with Gasteiger partial charge in [0.05, 0.1) is 19.8 Å². The Balaban J connectivity index is 2.21. The van der Waals surface area contributed by atoms with Gasteiger partial charge in [0.1, 0.15) is 0 Å². The average molecular weight is 249 g/mol. The molecule has 100 valence electrons. The van der Waals surface area contributed by atoms with E-state index in [-0.39, 0.29) is 0 Å². The monoisotopic (exact) mass is 249 g/mol. The van der Waals surface area contributed by atoms with Gasteiger partial charge in [-0.05, 0) is 24.3 Å². The Morgan fingerprint density at radius 3 is 2.33 bits per heavy atom. The van der Waals surface area contributed by atoms with Crippen molar-refractivity contribution in [3.63, 3.8) is 0 Å². The molecule has 18 heavy (non-hydrogen) atoms. The molecule has 1 aromatic carbocycles. The SMILES string of the molecule is CCC(C)c1ccc(C2(CN)OCCCO2)cc1. The summed E-state index contributed by atoms with van der Waals surface area (Å²) in [5.41, 5.74) is 8.22. The minimum atomic E-state index is -0.730. The molecule has 0 amide bonds. The van der Waals surface area contributed by atoms with Gasteiger partial charge in [0.15, 0.2) is 0 Å². The molecule has 0 aliphatic carbocycles. The largest absolute Gasteiger partial charge is 0.345 e. The van der Waals surface area contributed by atoms with E-state index in [1.165, 1.54) is 5.56 Å². The summed E-state index contributed by atoms with van der Waals surface area (Å²) in [6, 6.07) is 8.48. The van der Waals surface area contributed by atoms with Crippen molar-refractivity contribution in [3.8, 4) is 0 Å². The Bertz CT molecular complexity index is 369. The summed E-state index contributed by atoms with van der Waals surface area (Å²) in [7, 11) is 0. The summed E-state index contributed by atoms with van der Waals surface area (Å²) in [4.78, 5) is 0. The molecule has 1 heterocycles. The maximum absolute atomic E-state index is 5.84. The predicted molar refractivity (Wildman–Crippen MR) is 72.4 cm³/mol. The van der Waals surface area contributed by atoms with Crippen molar-refractivity contribution in [2.24, 2.45) is 5.73 Å². The predicted octanol–water partition coefficient (Wildman–Crippen LogP) is 2.75. The van der Waals surface area contributed by atoms with Crippen LogP contribution in [0.1, 0.15) is 43.7 Å². The third-order valence-electron chi connectivity index (χ3n) is 3.76. The molecule has 2 N–H and O–H groups in total. The molecule has 0 spiro atoms. The van der Waals surface area contributed by atoms with Crippen LogP contribution in [0.2, 0.25) is 0 Å². The standard InChI is InChI=1S/C15H23NO2/c1-3-12(2)13-5-7-14(8-6-13)15(11-16)17-9-4-10-18-15/h5-8,12H,3-4,9-11,16H2,1-2H3. The van der Waals surface area contributed by atoms with E-state index in [9.17, 15) is 0 Å². The Morgan fingerprint density at radius 2 is 1.83 bits per heavy atom. The number of benzene rings is 1. The number of rotatable bonds is 4. The summed E-state index contributed by atoms with van der Waals surface area (Å²) < 4.78 is 11.6. The van der Waals surface area contributed by atoms with Crippen molar-refractivity contribution < 1.29 is 9.47 Å². The first-order chi connectivity index (χ1) is 8.72. The number of nitrogens with two attached hydrogens (primary N) is 1. The zero-order valence-electron chi connectivity index (χ0n) is 11.3. The van der Waals surface area contributed by atoms with E-state index in [2.05, 4.69) is 38.1 Å². The first-order valence-corrected chi connectivity index (χ1v) is 6.80. The van der Waals surface area contributed by atoms with Crippen LogP contribution in [0.25, 0.3) is 0 Å². The average Bonchev–Trinajstić information content (AvgIpc) is 2.47. The normalized spacial score (nSPS) is 20.6. The van der Waals surface area contributed by atoms with Crippen LogP contribution < -0.4 is 5.73 Å². The lowest BCUT2D eigenvalue weighted by atomic mass is 9.95. The Labute approximate surface area is 109 Å². The van der Waals surface area contributed by atoms with Gasteiger partial charge in [-0.2, -0.15) is 0 Å². The van der Waals surface area contributed by atoms with Crippen LogP contribution in [0.5, 0.6) is 0 Å². The molecule has 1 aliphatic rings. The van der Waals surface area contributed by atoms with E-state index in [0.29, 0.717) is 25.7 Å². The second-order valence-electron chi connectivity index (χ2n) is 4.94. The second-order valence-corrected chi connectivity index (χ2v) is 4.94. The fourth-order valence-corrected chi connectivity index (χ4v) is 2.28. The Hall–Kier alpha value is -0.900. The van der Waals surface area contributed by atoms with Gasteiger partial charge in [-0.15, -0.1) is 0 Å². The molecule has 0 aromatic heterocycles. The van der Waals surface area contributed by atoms with Gasteiger partial charge in [-0.1, -0.05) is 38.1 Å². The van der Waals surface area contributed by atoms with Crippen molar-refractivity contribution in [1.82, 2.24) is 0 Å². The molecular weight excluding hydrogens is 226 g/mol. The van der Waals surface area contributed by atoms with E-state index in [1.54, 1.807) is 0 Å². The first kappa shape index (κ1) is 13.5. The minimum absolute atomic E-state index is 0.357. The quantitative estimate of drug-likeness (QED) is 0.892. The van der Waals surface area contributed by atoms with Gasteiger partial charge in [0, 0.05) is 5.56 Å². The van der Waals surface area contributed by atoms with Crippen molar-refractivity contribution >= 4 is 0 Å². The molecule has 0 bridgehead atoms. The topological polar surface area (TPSA) is 44.5 Å². The van der Waals surface area contributed by atoms with E-state index in [0.717, 1.165) is 18.4 Å². The van der Waals surface area contributed by atoms with Gasteiger partial charge in [0.2, 0.25) is 5.79 Å². The van der Waals surface area contributed by atoms with Crippen LogP contribution in [0.3, 0.4) is 0 Å². The van der Waals surface area contributed by atoms with E-state index in [4.69, 9.17) is 15.2 Å². The van der Waals surface area contributed by atoms with Gasteiger partial charge < -0.3 is 15.2 Å². The maximum Gasteiger partial charge on any atom is 0.207 e. The lowest BCUT2D eigenvalue weighted by molar-refractivity contribution is -0.269. The molecule has 3 nitrogen and oxygen atoms in total. The number of hydrogen-bond donors (Lipinski definition) is 1. The van der Waals surface area contributed by atoms with Crippen LogP contribution in [-0.2, 0) is 15.3 Å². The molecule has 1 fully saturated rings. The molecule has 3 heteroatoms. The third kappa shape index (κ3) is 2.58. The van der Waals surface area contributed by atoms with Gasteiger partial charge in [-0.3, -0.25) is 0 Å². The number of ether oxygens (including phenoxy) is 2. The Morgan fingerprint density at radius 1 is 1.22 bits per heavy atom. The zero-order chi connectivity index (χ0) is 13.0. The molecule has 1 aromatic rings. The van der Waals surface area contributed by atoms with Crippen LogP contribution in [0.4, 0.5) is 0 Å². The van der Waals surface area contributed by atoms with Crippen molar-refractivity contribution in [1.29, 1.82) is 0 Å². The van der Waals surface area contributed by atoms with Gasteiger partial charge in [0.25, 0.3) is 0 Å². The molecular formula is C15H23NO2. The highest BCUT2D eigenvalue weighted by Crippen LogP contribution is 2.31. The fourth-order valence-electron chi connectivity index (χ4n) is 2.28. The lowest BCUT2D eigenvalue weighted by Gasteiger charge is -2.36. The van der Waals surface area contributed by atoms with E-state index < -0.39 is 5.79 Å². The van der Waals surface area contributed by atoms with Crippen molar-refractivity contribution in [3.05, 3.63) is 35.4 Å². The molecule has 1 saturated heterocycles. The van der Waals surface area contributed by atoms with Crippen molar-refractivity contribution in [2.75, 3.05) is 19.8 Å².